The van der Waals surface area contributed by atoms with Crippen molar-refractivity contribution in [1.82, 2.24) is 0 Å². The Morgan fingerprint density at radius 1 is 1.00 bits per heavy atom. The van der Waals surface area contributed by atoms with Crippen LogP contribution < -0.4 is 0 Å². The molecule has 0 spiro atoms. The SMILES string of the molecule is C=CC=CC(Cl)C(Cl)=C(Cl)C(Cl)=C(Cl)Cl. The van der Waals surface area contributed by atoms with Crippen LogP contribution in [0.3, 0.4) is 0 Å². The average molecular weight is 327 g/mol. The zero-order chi connectivity index (χ0) is 12.0. The van der Waals surface area contributed by atoms with Crippen LogP contribution in [0.5, 0.6) is 0 Å². The predicted molar refractivity (Wildman–Crippen MR) is 72.3 cm³/mol. The van der Waals surface area contributed by atoms with Crippen LogP contribution >= 0.6 is 69.6 Å². The second-order valence-electron chi connectivity index (χ2n) is 2.26. The standard InChI is InChI=1S/C9H6Cl6/c1-2-3-4-5(10)6(11)7(12)8(13)9(14)15/h2-5H,1H2. The monoisotopic (exact) mass is 324 g/mol. The fourth-order valence-electron chi connectivity index (χ4n) is 0.569. The van der Waals surface area contributed by atoms with Gasteiger partial charge in [0.2, 0.25) is 0 Å². The fraction of sp³-hybridized carbons (Fsp3) is 0.111. The molecule has 0 saturated heterocycles. The number of allylic oxidation sites excluding steroid dienone is 6. The first-order valence-electron chi connectivity index (χ1n) is 3.61. The molecule has 0 aliphatic heterocycles. The Balaban J connectivity index is 5.02. The lowest BCUT2D eigenvalue weighted by molar-refractivity contribution is 1.34. The maximum atomic E-state index is 5.88. The van der Waals surface area contributed by atoms with E-state index >= 15 is 0 Å². The van der Waals surface area contributed by atoms with Crippen LogP contribution in [0.1, 0.15) is 0 Å². The molecule has 0 nitrogen and oxygen atoms in total. The van der Waals surface area contributed by atoms with E-state index in [1.165, 1.54) is 0 Å². The van der Waals surface area contributed by atoms with Crippen LogP contribution in [0.25, 0.3) is 0 Å². The number of halogens is 6. The van der Waals surface area contributed by atoms with Gasteiger partial charge in [-0.1, -0.05) is 82.8 Å². The Morgan fingerprint density at radius 3 is 1.93 bits per heavy atom. The van der Waals surface area contributed by atoms with Gasteiger partial charge in [-0.15, -0.1) is 11.6 Å². The highest BCUT2D eigenvalue weighted by atomic mass is 35.5. The minimum atomic E-state index is -0.612. The first kappa shape index (κ1) is 15.7. The summed E-state index contributed by atoms with van der Waals surface area (Å²) in [5, 5.41) is -0.492. The number of alkyl halides is 1. The zero-order valence-electron chi connectivity index (χ0n) is 7.28. The van der Waals surface area contributed by atoms with Gasteiger partial charge in [-0.2, -0.15) is 0 Å². The predicted octanol–water partition coefficient (Wildman–Crippen LogP) is 5.91. The molecule has 1 unspecified atom stereocenters. The summed E-state index contributed by atoms with van der Waals surface area (Å²) in [6.45, 7) is 3.48. The quantitative estimate of drug-likeness (QED) is 0.445. The summed E-state index contributed by atoms with van der Waals surface area (Å²) in [6.07, 6.45) is 4.77. The van der Waals surface area contributed by atoms with Gasteiger partial charge in [0.15, 0.2) is 0 Å². The number of rotatable bonds is 4. The van der Waals surface area contributed by atoms with Crippen LogP contribution in [-0.2, 0) is 0 Å². The van der Waals surface area contributed by atoms with Gasteiger partial charge in [0.25, 0.3) is 0 Å². The van der Waals surface area contributed by atoms with Gasteiger partial charge in [0.05, 0.1) is 20.5 Å². The van der Waals surface area contributed by atoms with Gasteiger partial charge < -0.3 is 0 Å². The summed E-state index contributed by atoms with van der Waals surface area (Å²) in [4.78, 5) is 0. The van der Waals surface area contributed by atoms with Crippen LogP contribution in [0.2, 0.25) is 0 Å². The Labute approximate surface area is 119 Å². The molecule has 0 fully saturated rings. The first-order valence-corrected chi connectivity index (χ1v) is 5.94. The lowest BCUT2D eigenvalue weighted by atomic mass is 10.3. The Bertz CT molecular complexity index is 321. The molecular weight excluding hydrogens is 321 g/mol. The molecule has 0 aromatic rings. The molecule has 0 aromatic heterocycles. The Morgan fingerprint density at radius 2 is 1.53 bits per heavy atom. The molecule has 6 heteroatoms. The molecule has 0 bridgehead atoms. The molecule has 0 saturated carbocycles. The number of hydrogen-bond donors (Lipinski definition) is 0. The van der Waals surface area contributed by atoms with Crippen LogP contribution in [0.15, 0.2) is 44.4 Å². The van der Waals surface area contributed by atoms with Crippen molar-refractivity contribution in [1.29, 1.82) is 0 Å². The minimum absolute atomic E-state index is 0.0204. The third-order valence-corrected chi connectivity index (χ3v) is 3.66. The van der Waals surface area contributed by atoms with E-state index in [0.717, 1.165) is 0 Å². The third-order valence-electron chi connectivity index (χ3n) is 1.23. The van der Waals surface area contributed by atoms with Gasteiger partial charge >= 0.3 is 0 Å². The molecule has 15 heavy (non-hydrogen) atoms. The van der Waals surface area contributed by atoms with Gasteiger partial charge in [-0.05, 0) is 0 Å². The minimum Gasteiger partial charge on any atom is -0.112 e. The van der Waals surface area contributed by atoms with Gasteiger partial charge in [0, 0.05) is 0 Å². The van der Waals surface area contributed by atoms with E-state index in [2.05, 4.69) is 6.58 Å². The molecule has 0 aliphatic rings. The van der Waals surface area contributed by atoms with Crippen LogP contribution in [0.4, 0.5) is 0 Å². The van der Waals surface area contributed by atoms with Crippen molar-refractivity contribution >= 4 is 69.6 Å². The smallest absolute Gasteiger partial charge is 0.112 e. The Kier molecular flexibility index (Phi) is 8.26. The zero-order valence-corrected chi connectivity index (χ0v) is 11.8. The van der Waals surface area contributed by atoms with Gasteiger partial charge in [-0.25, -0.2) is 0 Å². The van der Waals surface area contributed by atoms with E-state index in [0.29, 0.717) is 0 Å². The van der Waals surface area contributed by atoms with Crippen molar-refractivity contribution < 1.29 is 0 Å². The summed E-state index contributed by atoms with van der Waals surface area (Å²) >= 11 is 34.1. The summed E-state index contributed by atoms with van der Waals surface area (Å²) in [6, 6.07) is 0. The van der Waals surface area contributed by atoms with Crippen molar-refractivity contribution in [3.63, 3.8) is 0 Å². The average Bonchev–Trinajstić information content (AvgIpc) is 2.22. The second-order valence-corrected chi connectivity index (χ2v) is 4.84. The number of hydrogen-bond acceptors (Lipinski definition) is 0. The van der Waals surface area contributed by atoms with Crippen molar-refractivity contribution in [3.05, 3.63) is 44.4 Å². The highest BCUT2D eigenvalue weighted by molar-refractivity contribution is 6.62. The maximum Gasteiger partial charge on any atom is 0.126 e. The van der Waals surface area contributed by atoms with E-state index in [1.807, 2.05) is 0 Å². The Hall–Kier alpha value is 0.700. The van der Waals surface area contributed by atoms with Crippen molar-refractivity contribution in [2.75, 3.05) is 0 Å². The molecule has 0 radical (unpaired) electrons. The van der Waals surface area contributed by atoms with Gasteiger partial charge in [0.1, 0.15) is 4.49 Å². The highest BCUT2D eigenvalue weighted by Gasteiger charge is 2.14. The maximum absolute atomic E-state index is 5.88. The third kappa shape index (κ3) is 5.53. The topological polar surface area (TPSA) is 0 Å². The molecular formula is C9H6Cl6. The van der Waals surface area contributed by atoms with Crippen molar-refractivity contribution in [3.8, 4) is 0 Å². The molecule has 1 atom stereocenters. The summed E-state index contributed by atoms with van der Waals surface area (Å²) < 4.78 is -0.170. The van der Waals surface area contributed by atoms with Crippen LogP contribution in [-0.4, -0.2) is 5.38 Å². The van der Waals surface area contributed by atoms with Crippen molar-refractivity contribution in [2.24, 2.45) is 0 Å². The van der Waals surface area contributed by atoms with E-state index < -0.39 is 5.38 Å². The first-order chi connectivity index (χ1) is 6.91. The van der Waals surface area contributed by atoms with Crippen molar-refractivity contribution in [2.45, 2.75) is 5.38 Å². The molecule has 0 N–H and O–H groups in total. The summed E-state index contributed by atoms with van der Waals surface area (Å²) in [5.74, 6) is 0. The summed E-state index contributed by atoms with van der Waals surface area (Å²) in [7, 11) is 0. The van der Waals surface area contributed by atoms with E-state index in [9.17, 15) is 0 Å². The normalized spacial score (nSPS) is 14.8. The van der Waals surface area contributed by atoms with Gasteiger partial charge in [-0.3, -0.25) is 0 Å². The van der Waals surface area contributed by atoms with Crippen LogP contribution in [0, 0.1) is 0 Å². The highest BCUT2D eigenvalue weighted by Crippen LogP contribution is 2.34. The second kappa shape index (κ2) is 7.89. The van der Waals surface area contributed by atoms with E-state index in [-0.39, 0.29) is 19.6 Å². The molecule has 0 heterocycles. The lowest BCUT2D eigenvalue weighted by Gasteiger charge is -2.05. The van der Waals surface area contributed by atoms with E-state index in [1.54, 1.807) is 18.2 Å². The summed E-state index contributed by atoms with van der Waals surface area (Å²) in [5.41, 5.74) is 0. The molecule has 0 amide bonds. The molecule has 0 aromatic carbocycles. The molecule has 0 aliphatic carbocycles. The van der Waals surface area contributed by atoms with E-state index in [4.69, 9.17) is 69.6 Å². The fourth-order valence-corrected chi connectivity index (χ4v) is 1.63. The lowest BCUT2D eigenvalue weighted by Crippen LogP contribution is -1.95. The largest absolute Gasteiger partial charge is 0.126 e. The molecule has 84 valence electrons. The molecule has 0 rings (SSSR count).